The van der Waals surface area contributed by atoms with Crippen LogP contribution in [0.4, 0.5) is 18.9 Å². The summed E-state index contributed by atoms with van der Waals surface area (Å²) >= 11 is 0. The highest BCUT2D eigenvalue weighted by Crippen LogP contribution is 2.43. The molecule has 1 atom stereocenters. The Hall–Kier alpha value is -2.16. The zero-order chi connectivity index (χ0) is 16.7. The van der Waals surface area contributed by atoms with Gasteiger partial charge in [0.05, 0.1) is 15.9 Å². The number of hydrazine groups is 1. The first-order chi connectivity index (χ1) is 10.0. The van der Waals surface area contributed by atoms with Crippen molar-refractivity contribution in [1.29, 1.82) is 0 Å². The van der Waals surface area contributed by atoms with E-state index in [0.29, 0.717) is 5.01 Å². The molecule has 1 fully saturated rings. The van der Waals surface area contributed by atoms with Crippen LogP contribution < -0.4 is 5.43 Å². The number of amides is 1. The molecule has 6 nitrogen and oxygen atoms in total. The number of carbonyl (C=O) groups excluding carboxylic acids is 1. The van der Waals surface area contributed by atoms with Crippen molar-refractivity contribution in [2.45, 2.75) is 26.1 Å². The van der Waals surface area contributed by atoms with Gasteiger partial charge in [-0.1, -0.05) is 18.2 Å². The predicted octanol–water partition coefficient (Wildman–Crippen LogP) is 2.57. The monoisotopic (exact) mass is 317 g/mol. The van der Waals surface area contributed by atoms with Gasteiger partial charge in [0.2, 0.25) is 5.91 Å². The first-order valence-electron chi connectivity index (χ1n) is 6.42. The molecule has 1 saturated heterocycles. The molecule has 0 unspecified atom stereocenters. The molecule has 0 aliphatic carbocycles. The number of nitro groups is 1. The van der Waals surface area contributed by atoms with Gasteiger partial charge in [0.15, 0.2) is 6.04 Å². The van der Waals surface area contributed by atoms with Crippen molar-refractivity contribution in [3.8, 4) is 0 Å². The largest absolute Gasteiger partial charge is 0.410 e. The Kier molecular flexibility index (Phi) is 3.86. The number of hydrogen-bond donors (Lipinski definition) is 1. The molecule has 1 aliphatic heterocycles. The Morgan fingerprint density at radius 3 is 2.41 bits per heavy atom. The number of para-hydroxylation sites is 1. The van der Waals surface area contributed by atoms with Crippen LogP contribution in [0.5, 0.6) is 0 Å². The zero-order valence-corrected chi connectivity index (χ0v) is 11.8. The molecule has 2 rings (SSSR count). The summed E-state index contributed by atoms with van der Waals surface area (Å²) < 4.78 is 40.4. The summed E-state index contributed by atoms with van der Waals surface area (Å²) in [5.41, 5.74) is 0.0231. The molecular formula is C13H14F3N3O3. The van der Waals surface area contributed by atoms with Crippen LogP contribution in [0.2, 0.25) is 0 Å². The fraction of sp³-hybridized carbons (Fsp3) is 0.462. The van der Waals surface area contributed by atoms with Gasteiger partial charge in [0.25, 0.3) is 5.69 Å². The van der Waals surface area contributed by atoms with Crippen LogP contribution in [0.25, 0.3) is 0 Å². The van der Waals surface area contributed by atoms with E-state index in [1.165, 1.54) is 26.0 Å². The lowest BCUT2D eigenvalue weighted by molar-refractivity contribution is -0.386. The van der Waals surface area contributed by atoms with Gasteiger partial charge in [-0.3, -0.25) is 20.3 Å². The number of halogens is 3. The van der Waals surface area contributed by atoms with Gasteiger partial charge in [-0.05, 0) is 13.8 Å². The van der Waals surface area contributed by atoms with Crippen LogP contribution >= 0.6 is 0 Å². The smallest absolute Gasteiger partial charge is 0.287 e. The second-order valence-electron chi connectivity index (χ2n) is 5.71. The van der Waals surface area contributed by atoms with Crippen LogP contribution in [0.15, 0.2) is 24.3 Å². The van der Waals surface area contributed by atoms with Gasteiger partial charge in [0.1, 0.15) is 0 Å². The minimum atomic E-state index is -4.78. The van der Waals surface area contributed by atoms with Gasteiger partial charge < -0.3 is 0 Å². The molecule has 0 bridgehead atoms. The van der Waals surface area contributed by atoms with E-state index in [-0.39, 0.29) is 6.54 Å². The zero-order valence-electron chi connectivity index (χ0n) is 11.8. The molecule has 120 valence electrons. The summed E-state index contributed by atoms with van der Waals surface area (Å²) in [7, 11) is 0. The summed E-state index contributed by atoms with van der Waals surface area (Å²) in [6.07, 6.45) is -4.78. The average Bonchev–Trinajstić information content (AvgIpc) is 2.62. The van der Waals surface area contributed by atoms with E-state index in [4.69, 9.17) is 0 Å². The van der Waals surface area contributed by atoms with Crippen molar-refractivity contribution in [2.24, 2.45) is 5.41 Å². The minimum absolute atomic E-state index is 0.206. The number of nitrogens with one attached hydrogen (secondary N) is 1. The molecule has 0 radical (unpaired) electrons. The maximum atomic E-state index is 13.5. The highest BCUT2D eigenvalue weighted by atomic mass is 19.4. The second-order valence-corrected chi connectivity index (χ2v) is 5.71. The molecule has 0 saturated carbocycles. The Morgan fingerprint density at radius 1 is 1.36 bits per heavy atom. The Balaban J connectivity index is 2.50. The lowest BCUT2D eigenvalue weighted by atomic mass is 9.93. The number of carbonyl (C=O) groups is 1. The summed E-state index contributed by atoms with van der Waals surface area (Å²) in [6.45, 7) is 2.81. The Morgan fingerprint density at radius 2 is 1.95 bits per heavy atom. The summed E-state index contributed by atoms with van der Waals surface area (Å²) in [6, 6.07) is 2.37. The van der Waals surface area contributed by atoms with Crippen molar-refractivity contribution in [1.82, 2.24) is 10.4 Å². The maximum Gasteiger partial charge on any atom is 0.410 e. The van der Waals surface area contributed by atoms with Crippen molar-refractivity contribution >= 4 is 11.6 Å². The average molecular weight is 317 g/mol. The molecule has 9 heteroatoms. The molecule has 1 N–H and O–H groups in total. The molecule has 1 aromatic carbocycles. The van der Waals surface area contributed by atoms with Gasteiger partial charge in [-0.25, -0.2) is 5.01 Å². The van der Waals surface area contributed by atoms with E-state index in [2.05, 4.69) is 5.43 Å². The summed E-state index contributed by atoms with van der Waals surface area (Å²) in [5, 5.41) is 11.7. The molecule has 0 aromatic heterocycles. The van der Waals surface area contributed by atoms with Gasteiger partial charge in [0, 0.05) is 12.6 Å². The predicted molar refractivity (Wildman–Crippen MR) is 70.5 cm³/mol. The van der Waals surface area contributed by atoms with E-state index >= 15 is 0 Å². The highest BCUT2D eigenvalue weighted by Gasteiger charge is 2.52. The van der Waals surface area contributed by atoms with E-state index < -0.39 is 39.7 Å². The van der Waals surface area contributed by atoms with Crippen LogP contribution in [0.3, 0.4) is 0 Å². The highest BCUT2D eigenvalue weighted by molar-refractivity contribution is 5.83. The fourth-order valence-corrected chi connectivity index (χ4v) is 2.38. The lowest BCUT2D eigenvalue weighted by Gasteiger charge is -2.29. The number of hydrogen-bond acceptors (Lipinski definition) is 4. The van der Waals surface area contributed by atoms with Crippen molar-refractivity contribution in [3.05, 3.63) is 39.9 Å². The molecule has 1 aliphatic rings. The van der Waals surface area contributed by atoms with Crippen molar-refractivity contribution < 1.29 is 22.9 Å². The topological polar surface area (TPSA) is 75.5 Å². The number of nitro benzene ring substituents is 1. The van der Waals surface area contributed by atoms with E-state index in [1.807, 2.05) is 0 Å². The lowest BCUT2D eigenvalue weighted by Crippen LogP contribution is -2.43. The Labute approximate surface area is 124 Å². The van der Waals surface area contributed by atoms with Crippen LogP contribution in [-0.2, 0) is 4.79 Å². The molecule has 0 spiro atoms. The van der Waals surface area contributed by atoms with Crippen LogP contribution in [0, 0.1) is 15.5 Å². The number of rotatable bonds is 3. The number of alkyl halides is 3. The third-order valence-corrected chi connectivity index (χ3v) is 3.48. The summed E-state index contributed by atoms with van der Waals surface area (Å²) in [4.78, 5) is 21.9. The minimum Gasteiger partial charge on any atom is -0.287 e. The van der Waals surface area contributed by atoms with Crippen molar-refractivity contribution in [2.75, 3.05) is 6.54 Å². The summed E-state index contributed by atoms with van der Waals surface area (Å²) in [5.74, 6) is -0.555. The Bertz CT molecular complexity index is 616. The molecule has 1 heterocycles. The molecular weight excluding hydrogens is 303 g/mol. The van der Waals surface area contributed by atoms with E-state index in [0.717, 1.165) is 12.1 Å². The normalized spacial score (nSPS) is 19.8. The van der Waals surface area contributed by atoms with E-state index in [1.54, 1.807) is 0 Å². The quantitative estimate of drug-likeness (QED) is 0.687. The fourth-order valence-electron chi connectivity index (χ4n) is 2.38. The van der Waals surface area contributed by atoms with Crippen LogP contribution in [-0.4, -0.2) is 28.6 Å². The SMILES string of the molecule is CC1(C)CN([C@@H](c2ccccc2[N+](=O)[O-])C(F)(F)F)NC1=O. The molecule has 1 amide bonds. The van der Waals surface area contributed by atoms with Gasteiger partial charge >= 0.3 is 6.18 Å². The van der Waals surface area contributed by atoms with E-state index in [9.17, 15) is 28.1 Å². The van der Waals surface area contributed by atoms with Crippen LogP contribution in [0.1, 0.15) is 25.5 Å². The van der Waals surface area contributed by atoms with Gasteiger partial charge in [-0.2, -0.15) is 13.2 Å². The standard InChI is InChI=1S/C13H14F3N3O3/c1-12(2)7-18(17-11(12)20)10(13(14,15)16)8-5-3-4-6-9(8)19(21)22/h3-6,10H,7H2,1-2H3,(H,17,20)/t10-/m0/s1. The second kappa shape index (κ2) is 5.24. The third-order valence-electron chi connectivity index (χ3n) is 3.48. The number of benzene rings is 1. The molecule has 22 heavy (non-hydrogen) atoms. The number of nitrogens with zero attached hydrogens (tertiary/aromatic N) is 2. The third kappa shape index (κ3) is 2.89. The van der Waals surface area contributed by atoms with Crippen molar-refractivity contribution in [3.63, 3.8) is 0 Å². The molecule has 1 aromatic rings. The first kappa shape index (κ1) is 16.2. The van der Waals surface area contributed by atoms with Gasteiger partial charge in [-0.15, -0.1) is 0 Å². The first-order valence-corrected chi connectivity index (χ1v) is 6.42. The maximum absolute atomic E-state index is 13.5.